The number of hydrogen-bond acceptors (Lipinski definition) is 4. The molecule has 1 fully saturated rings. The lowest BCUT2D eigenvalue weighted by Gasteiger charge is -2.11. The Bertz CT molecular complexity index is 483. The van der Waals surface area contributed by atoms with E-state index in [0.29, 0.717) is 23.8 Å². The average molecular weight is 277 g/mol. The van der Waals surface area contributed by atoms with E-state index < -0.39 is 5.91 Å². The van der Waals surface area contributed by atoms with Gasteiger partial charge in [0, 0.05) is 18.2 Å². The molecule has 1 saturated carbocycles. The highest BCUT2D eigenvalue weighted by Gasteiger charge is 2.29. The molecule has 1 aliphatic carbocycles. The van der Waals surface area contributed by atoms with Crippen molar-refractivity contribution in [1.82, 2.24) is 0 Å². The third-order valence-corrected chi connectivity index (χ3v) is 3.17. The van der Waals surface area contributed by atoms with Crippen LogP contribution in [0.5, 0.6) is 5.75 Å². The topological polar surface area (TPSA) is 107 Å². The van der Waals surface area contributed by atoms with Crippen LogP contribution in [0.2, 0.25) is 0 Å². The Hall–Kier alpha value is -2.08. The third kappa shape index (κ3) is 4.55. The fourth-order valence-corrected chi connectivity index (χ4v) is 1.91. The SMILES string of the molecule is NC(=O)COc1ccc(NC(=O)CC(N)C2CC2)cc1. The summed E-state index contributed by atoms with van der Waals surface area (Å²) < 4.78 is 5.12. The fourth-order valence-electron chi connectivity index (χ4n) is 1.91. The van der Waals surface area contributed by atoms with Gasteiger partial charge < -0.3 is 21.5 Å². The van der Waals surface area contributed by atoms with Crippen molar-refractivity contribution in [3.05, 3.63) is 24.3 Å². The van der Waals surface area contributed by atoms with E-state index in [1.807, 2.05) is 0 Å². The van der Waals surface area contributed by atoms with Crippen molar-refractivity contribution in [3.63, 3.8) is 0 Å². The van der Waals surface area contributed by atoms with Gasteiger partial charge in [0.25, 0.3) is 5.91 Å². The summed E-state index contributed by atoms with van der Waals surface area (Å²) in [5, 5.41) is 2.78. The van der Waals surface area contributed by atoms with Crippen molar-refractivity contribution < 1.29 is 14.3 Å². The van der Waals surface area contributed by atoms with E-state index in [-0.39, 0.29) is 18.6 Å². The van der Waals surface area contributed by atoms with Crippen molar-refractivity contribution in [2.75, 3.05) is 11.9 Å². The van der Waals surface area contributed by atoms with Crippen LogP contribution in [0.3, 0.4) is 0 Å². The van der Waals surface area contributed by atoms with E-state index >= 15 is 0 Å². The van der Waals surface area contributed by atoms with Crippen LogP contribution in [-0.2, 0) is 9.59 Å². The molecule has 20 heavy (non-hydrogen) atoms. The van der Waals surface area contributed by atoms with Gasteiger partial charge >= 0.3 is 0 Å². The van der Waals surface area contributed by atoms with Crippen molar-refractivity contribution in [2.45, 2.75) is 25.3 Å². The number of nitrogens with one attached hydrogen (secondary N) is 1. The minimum Gasteiger partial charge on any atom is -0.484 e. The van der Waals surface area contributed by atoms with E-state index in [9.17, 15) is 9.59 Å². The molecule has 2 amide bonds. The zero-order chi connectivity index (χ0) is 14.5. The van der Waals surface area contributed by atoms with Gasteiger partial charge in [0.05, 0.1) is 0 Å². The molecule has 2 rings (SSSR count). The summed E-state index contributed by atoms with van der Waals surface area (Å²) in [6.07, 6.45) is 2.59. The number of amides is 2. The van der Waals surface area contributed by atoms with Gasteiger partial charge in [-0.3, -0.25) is 9.59 Å². The molecule has 0 aliphatic heterocycles. The smallest absolute Gasteiger partial charge is 0.255 e. The van der Waals surface area contributed by atoms with E-state index in [2.05, 4.69) is 5.32 Å². The predicted molar refractivity (Wildman–Crippen MR) is 75.1 cm³/mol. The van der Waals surface area contributed by atoms with Gasteiger partial charge in [0.1, 0.15) is 5.75 Å². The van der Waals surface area contributed by atoms with Crippen molar-refractivity contribution in [3.8, 4) is 5.75 Å². The second-order valence-corrected chi connectivity index (χ2v) is 5.03. The largest absolute Gasteiger partial charge is 0.484 e. The molecule has 1 aliphatic rings. The Morgan fingerprint density at radius 3 is 2.50 bits per heavy atom. The fraction of sp³-hybridized carbons (Fsp3) is 0.429. The molecule has 1 atom stereocenters. The standard InChI is InChI=1S/C14H19N3O3/c15-12(9-1-2-9)7-14(19)17-10-3-5-11(6-4-10)20-8-13(16)18/h3-6,9,12H,1-2,7-8,15H2,(H2,16,18)(H,17,19). The molecule has 0 aromatic heterocycles. The van der Waals surface area contributed by atoms with E-state index in [1.54, 1.807) is 24.3 Å². The number of primary amides is 1. The average Bonchev–Trinajstić information content (AvgIpc) is 3.22. The highest BCUT2D eigenvalue weighted by Crippen LogP contribution is 2.32. The van der Waals surface area contributed by atoms with E-state index in [0.717, 1.165) is 12.8 Å². The number of hydrogen-bond donors (Lipinski definition) is 3. The Kier molecular flexibility index (Phi) is 4.57. The molecule has 0 radical (unpaired) electrons. The molecule has 6 nitrogen and oxygen atoms in total. The molecular formula is C14H19N3O3. The summed E-state index contributed by atoms with van der Waals surface area (Å²) in [4.78, 5) is 22.3. The van der Waals surface area contributed by atoms with Crippen molar-refractivity contribution in [1.29, 1.82) is 0 Å². The summed E-state index contributed by atoms with van der Waals surface area (Å²) in [5.74, 6) is 0.411. The Morgan fingerprint density at radius 1 is 1.30 bits per heavy atom. The first-order chi connectivity index (χ1) is 9.54. The lowest BCUT2D eigenvalue weighted by molar-refractivity contribution is -0.120. The van der Waals surface area contributed by atoms with Gasteiger partial charge in [-0.15, -0.1) is 0 Å². The summed E-state index contributed by atoms with van der Waals surface area (Å²) in [6, 6.07) is 6.69. The summed E-state index contributed by atoms with van der Waals surface area (Å²) in [7, 11) is 0. The number of benzene rings is 1. The number of rotatable bonds is 7. The quantitative estimate of drug-likeness (QED) is 0.678. The maximum Gasteiger partial charge on any atom is 0.255 e. The Labute approximate surface area is 117 Å². The molecule has 0 spiro atoms. The number of anilines is 1. The molecule has 0 saturated heterocycles. The van der Waals surface area contributed by atoms with Gasteiger partial charge in [-0.1, -0.05) is 0 Å². The minimum atomic E-state index is -0.531. The summed E-state index contributed by atoms with van der Waals surface area (Å²) in [5.41, 5.74) is 11.6. The molecule has 0 heterocycles. The van der Waals surface area contributed by atoms with Crippen LogP contribution in [0.4, 0.5) is 5.69 Å². The Balaban J connectivity index is 1.80. The summed E-state index contributed by atoms with van der Waals surface area (Å²) >= 11 is 0. The van der Waals surface area contributed by atoms with Gasteiger partial charge in [-0.05, 0) is 43.0 Å². The lowest BCUT2D eigenvalue weighted by atomic mass is 10.1. The molecule has 6 heteroatoms. The number of nitrogens with two attached hydrogens (primary N) is 2. The molecule has 1 unspecified atom stereocenters. The van der Waals surface area contributed by atoms with Crippen LogP contribution in [0.1, 0.15) is 19.3 Å². The number of carbonyl (C=O) groups is 2. The molecule has 108 valence electrons. The first-order valence-electron chi connectivity index (χ1n) is 6.61. The monoisotopic (exact) mass is 277 g/mol. The van der Waals surface area contributed by atoms with Gasteiger partial charge in [-0.2, -0.15) is 0 Å². The van der Waals surface area contributed by atoms with Crippen LogP contribution in [-0.4, -0.2) is 24.5 Å². The van der Waals surface area contributed by atoms with Crippen LogP contribution < -0.4 is 21.5 Å². The normalized spacial score (nSPS) is 15.4. The van der Waals surface area contributed by atoms with Gasteiger partial charge in [0.2, 0.25) is 5.91 Å². The summed E-state index contributed by atoms with van der Waals surface area (Å²) in [6.45, 7) is -0.165. The maximum atomic E-state index is 11.8. The molecular weight excluding hydrogens is 258 g/mol. The number of ether oxygens (including phenoxy) is 1. The molecule has 5 N–H and O–H groups in total. The van der Waals surface area contributed by atoms with Crippen molar-refractivity contribution in [2.24, 2.45) is 17.4 Å². The van der Waals surface area contributed by atoms with Crippen LogP contribution in [0.15, 0.2) is 24.3 Å². The highest BCUT2D eigenvalue weighted by atomic mass is 16.5. The first kappa shape index (κ1) is 14.3. The number of carbonyl (C=O) groups excluding carboxylic acids is 2. The molecule has 1 aromatic rings. The zero-order valence-corrected chi connectivity index (χ0v) is 11.2. The van der Waals surface area contributed by atoms with E-state index in [1.165, 1.54) is 0 Å². The minimum absolute atomic E-state index is 0.0480. The zero-order valence-electron chi connectivity index (χ0n) is 11.2. The van der Waals surface area contributed by atoms with Gasteiger partial charge in [0.15, 0.2) is 6.61 Å². The highest BCUT2D eigenvalue weighted by molar-refractivity contribution is 5.91. The van der Waals surface area contributed by atoms with Gasteiger partial charge in [-0.25, -0.2) is 0 Å². The van der Waals surface area contributed by atoms with Crippen LogP contribution >= 0.6 is 0 Å². The second-order valence-electron chi connectivity index (χ2n) is 5.03. The second kappa shape index (κ2) is 6.38. The first-order valence-corrected chi connectivity index (χ1v) is 6.61. The predicted octanol–water partition coefficient (Wildman–Crippen LogP) is 0.617. The molecule has 1 aromatic carbocycles. The molecule has 0 bridgehead atoms. The maximum absolute atomic E-state index is 11.8. The van der Waals surface area contributed by atoms with Crippen LogP contribution in [0, 0.1) is 5.92 Å². The third-order valence-electron chi connectivity index (χ3n) is 3.17. The van der Waals surface area contributed by atoms with Crippen LogP contribution in [0.25, 0.3) is 0 Å². The van der Waals surface area contributed by atoms with Crippen molar-refractivity contribution >= 4 is 17.5 Å². The Morgan fingerprint density at radius 2 is 1.95 bits per heavy atom. The van der Waals surface area contributed by atoms with E-state index in [4.69, 9.17) is 16.2 Å². The lowest BCUT2D eigenvalue weighted by Crippen LogP contribution is -2.28.